The lowest BCUT2D eigenvalue weighted by atomic mass is 10.1. The van der Waals surface area contributed by atoms with Gasteiger partial charge in [-0.1, -0.05) is 36.9 Å². The van der Waals surface area contributed by atoms with Crippen LogP contribution in [0.4, 0.5) is 0 Å². The molecule has 0 N–H and O–H groups in total. The Kier molecular flexibility index (Phi) is 2.59. The number of nitrogens with zero attached hydrogens (tertiary/aromatic N) is 2. The molecule has 0 bridgehead atoms. The molecule has 2 aromatic rings. The summed E-state index contributed by atoms with van der Waals surface area (Å²) in [6.45, 7) is 9.93. The molecule has 0 saturated carbocycles. The molecule has 1 heterocycles. The second kappa shape index (κ2) is 4.16. The molecule has 1 aliphatic carbocycles. The minimum absolute atomic E-state index is 0.998. The summed E-state index contributed by atoms with van der Waals surface area (Å²) in [5.74, 6) is 0. The fourth-order valence-corrected chi connectivity index (χ4v) is 2.62. The topological polar surface area (TPSA) is 25.8 Å². The van der Waals surface area contributed by atoms with Gasteiger partial charge >= 0.3 is 0 Å². The molecule has 94 valence electrons. The minimum atomic E-state index is 0.998. The molecule has 0 fully saturated rings. The van der Waals surface area contributed by atoms with E-state index < -0.39 is 0 Å². The van der Waals surface area contributed by atoms with Gasteiger partial charge < -0.3 is 0 Å². The van der Waals surface area contributed by atoms with Crippen molar-refractivity contribution in [3.05, 3.63) is 58.4 Å². The fourth-order valence-electron chi connectivity index (χ4n) is 2.62. The SMILES string of the molecule is C=C/C=c1/cccc2c1=C(C)c1nc(C)c(C)nc1-2. The number of aryl methyl sites for hydroxylation is 2. The largest absolute Gasteiger partial charge is 0.249 e. The molecule has 19 heavy (non-hydrogen) atoms. The smallest absolute Gasteiger partial charge is 0.0971 e. The molecule has 0 unspecified atom stereocenters. The van der Waals surface area contributed by atoms with Crippen LogP contribution in [0.2, 0.25) is 0 Å². The molecule has 0 amide bonds. The maximum absolute atomic E-state index is 4.72. The van der Waals surface area contributed by atoms with E-state index in [1.165, 1.54) is 21.6 Å². The van der Waals surface area contributed by atoms with Gasteiger partial charge in [-0.2, -0.15) is 0 Å². The van der Waals surface area contributed by atoms with E-state index in [9.17, 15) is 0 Å². The van der Waals surface area contributed by atoms with Gasteiger partial charge in [0.15, 0.2) is 0 Å². The predicted octanol–water partition coefficient (Wildman–Crippen LogP) is 2.26. The molecule has 0 saturated heterocycles. The Labute approximate surface area is 112 Å². The average Bonchev–Trinajstić information content (AvgIpc) is 2.66. The van der Waals surface area contributed by atoms with Crippen molar-refractivity contribution in [3.63, 3.8) is 0 Å². The molecule has 0 atom stereocenters. The number of hydrogen-bond acceptors (Lipinski definition) is 2. The fraction of sp³-hybridized carbons (Fsp3) is 0.176. The van der Waals surface area contributed by atoms with E-state index in [-0.39, 0.29) is 0 Å². The maximum Gasteiger partial charge on any atom is 0.0971 e. The number of allylic oxidation sites excluding steroid dienone is 1. The van der Waals surface area contributed by atoms with Crippen molar-refractivity contribution in [3.8, 4) is 11.3 Å². The highest BCUT2D eigenvalue weighted by Gasteiger charge is 2.21. The average molecular weight is 248 g/mol. The number of aromatic nitrogens is 2. The van der Waals surface area contributed by atoms with Crippen LogP contribution in [-0.2, 0) is 0 Å². The van der Waals surface area contributed by atoms with E-state index >= 15 is 0 Å². The Morgan fingerprint density at radius 2 is 1.68 bits per heavy atom. The van der Waals surface area contributed by atoms with Gasteiger partial charge in [-0.25, -0.2) is 9.97 Å². The summed E-state index contributed by atoms with van der Waals surface area (Å²) >= 11 is 0. The van der Waals surface area contributed by atoms with E-state index in [4.69, 9.17) is 9.97 Å². The Bertz CT molecular complexity index is 814. The molecular formula is C17H16N2. The van der Waals surface area contributed by atoms with Gasteiger partial charge in [-0.05, 0) is 36.8 Å². The monoisotopic (exact) mass is 248 g/mol. The first kappa shape index (κ1) is 11.8. The van der Waals surface area contributed by atoms with E-state index in [1.54, 1.807) is 0 Å². The van der Waals surface area contributed by atoms with Crippen molar-refractivity contribution >= 4 is 11.6 Å². The molecule has 3 rings (SSSR count). The van der Waals surface area contributed by atoms with Gasteiger partial charge in [0.05, 0.1) is 22.8 Å². The summed E-state index contributed by atoms with van der Waals surface area (Å²) in [5.41, 5.74) is 6.41. The summed E-state index contributed by atoms with van der Waals surface area (Å²) in [5, 5.41) is 2.42. The molecule has 2 heteroatoms. The normalized spacial score (nSPS) is 13.4. The summed E-state index contributed by atoms with van der Waals surface area (Å²) in [6.07, 6.45) is 3.86. The van der Waals surface area contributed by atoms with E-state index in [0.717, 1.165) is 22.8 Å². The summed E-state index contributed by atoms with van der Waals surface area (Å²) < 4.78 is 0. The minimum Gasteiger partial charge on any atom is -0.249 e. The van der Waals surface area contributed by atoms with Crippen molar-refractivity contribution in [2.45, 2.75) is 20.8 Å². The standard InChI is InChI=1S/C17H16N2/c1-5-7-13-8-6-9-14-15(13)10(2)16-17(14)19-12(4)11(3)18-16/h5-9H,1H2,2-4H3/b13-7-. The quantitative estimate of drug-likeness (QED) is 0.773. The third-order valence-electron chi connectivity index (χ3n) is 3.69. The van der Waals surface area contributed by atoms with E-state index in [2.05, 4.69) is 31.7 Å². The first-order valence-corrected chi connectivity index (χ1v) is 6.42. The number of benzene rings is 1. The number of fused-ring (bicyclic) bond motifs is 3. The Hall–Kier alpha value is -2.22. The van der Waals surface area contributed by atoms with Crippen molar-refractivity contribution in [2.75, 3.05) is 0 Å². The Morgan fingerprint density at radius 1 is 1.00 bits per heavy atom. The van der Waals surface area contributed by atoms with Crippen LogP contribution in [0.15, 0.2) is 30.9 Å². The van der Waals surface area contributed by atoms with Crippen molar-refractivity contribution in [1.29, 1.82) is 0 Å². The van der Waals surface area contributed by atoms with Crippen LogP contribution in [0.5, 0.6) is 0 Å². The molecule has 0 radical (unpaired) electrons. The second-order valence-electron chi connectivity index (χ2n) is 4.89. The predicted molar refractivity (Wildman–Crippen MR) is 79.0 cm³/mol. The molecule has 1 aromatic heterocycles. The summed E-state index contributed by atoms with van der Waals surface area (Å²) in [4.78, 5) is 9.43. The van der Waals surface area contributed by atoms with Gasteiger partial charge in [0.2, 0.25) is 0 Å². The van der Waals surface area contributed by atoms with Gasteiger partial charge in [0.25, 0.3) is 0 Å². The van der Waals surface area contributed by atoms with Gasteiger partial charge in [-0.3, -0.25) is 0 Å². The lowest BCUT2D eigenvalue weighted by Gasteiger charge is -2.05. The zero-order valence-electron chi connectivity index (χ0n) is 11.5. The highest BCUT2D eigenvalue weighted by molar-refractivity contribution is 5.85. The van der Waals surface area contributed by atoms with Crippen LogP contribution < -0.4 is 10.4 Å². The lowest BCUT2D eigenvalue weighted by molar-refractivity contribution is 1.04. The third-order valence-corrected chi connectivity index (χ3v) is 3.69. The molecule has 2 nitrogen and oxygen atoms in total. The van der Waals surface area contributed by atoms with Crippen LogP contribution >= 0.6 is 0 Å². The van der Waals surface area contributed by atoms with Crippen molar-refractivity contribution in [1.82, 2.24) is 9.97 Å². The lowest BCUT2D eigenvalue weighted by Crippen LogP contribution is -2.25. The van der Waals surface area contributed by atoms with Crippen molar-refractivity contribution < 1.29 is 0 Å². The molecular weight excluding hydrogens is 232 g/mol. The summed E-state index contributed by atoms with van der Waals surface area (Å²) in [6, 6.07) is 6.29. The summed E-state index contributed by atoms with van der Waals surface area (Å²) in [7, 11) is 0. The maximum atomic E-state index is 4.72. The second-order valence-corrected chi connectivity index (χ2v) is 4.89. The van der Waals surface area contributed by atoms with Gasteiger partial charge in [-0.15, -0.1) is 0 Å². The van der Waals surface area contributed by atoms with Crippen LogP contribution in [0, 0.1) is 13.8 Å². The highest BCUT2D eigenvalue weighted by atomic mass is 14.8. The van der Waals surface area contributed by atoms with Gasteiger partial charge in [0.1, 0.15) is 0 Å². The zero-order valence-corrected chi connectivity index (χ0v) is 11.5. The number of hydrogen-bond donors (Lipinski definition) is 0. The molecule has 1 aliphatic rings. The van der Waals surface area contributed by atoms with E-state index in [1.807, 2.05) is 26.0 Å². The first-order valence-electron chi connectivity index (χ1n) is 6.42. The number of rotatable bonds is 1. The van der Waals surface area contributed by atoms with Crippen molar-refractivity contribution in [2.24, 2.45) is 0 Å². The van der Waals surface area contributed by atoms with Crippen LogP contribution in [0.1, 0.15) is 24.0 Å². The Balaban J connectivity index is 2.49. The van der Waals surface area contributed by atoms with E-state index in [0.29, 0.717) is 0 Å². The van der Waals surface area contributed by atoms with Crippen LogP contribution in [0.3, 0.4) is 0 Å². The zero-order chi connectivity index (χ0) is 13.6. The van der Waals surface area contributed by atoms with Crippen LogP contribution in [-0.4, -0.2) is 9.97 Å². The highest BCUT2D eigenvalue weighted by Crippen LogP contribution is 2.28. The van der Waals surface area contributed by atoms with Gasteiger partial charge in [0, 0.05) is 5.56 Å². The molecule has 0 spiro atoms. The molecule has 1 aromatic carbocycles. The Morgan fingerprint density at radius 3 is 2.37 bits per heavy atom. The third kappa shape index (κ3) is 1.64. The first-order chi connectivity index (χ1) is 9.13. The molecule has 0 aliphatic heterocycles. The van der Waals surface area contributed by atoms with Crippen LogP contribution in [0.25, 0.3) is 22.9 Å².